The Morgan fingerprint density at radius 2 is 1.69 bits per heavy atom. The molecule has 3 atom stereocenters. The lowest BCUT2D eigenvalue weighted by molar-refractivity contribution is -0.154. The van der Waals surface area contributed by atoms with Crippen molar-refractivity contribution >= 4 is 61.1 Å². The van der Waals surface area contributed by atoms with Crippen LogP contribution in [-0.2, 0) is 49.1 Å². The lowest BCUT2D eigenvalue weighted by Crippen LogP contribution is -2.74. The Labute approximate surface area is 304 Å². The molecule has 0 spiro atoms. The molecule has 0 bridgehead atoms. The van der Waals surface area contributed by atoms with E-state index in [4.69, 9.17) is 19.5 Å². The number of ether oxygens (including phenoxy) is 1. The summed E-state index contributed by atoms with van der Waals surface area (Å²) in [5, 5.41) is 5.00. The van der Waals surface area contributed by atoms with Crippen LogP contribution in [0, 0.1) is 6.92 Å². The number of rotatable bonds is 12. The zero-order valence-corrected chi connectivity index (χ0v) is 29.9. The van der Waals surface area contributed by atoms with E-state index in [2.05, 4.69) is 19.8 Å². The van der Waals surface area contributed by atoms with E-state index in [1.54, 1.807) is 79.7 Å². The van der Waals surface area contributed by atoms with Gasteiger partial charge in [-0.2, -0.15) is 17.8 Å². The van der Waals surface area contributed by atoms with Gasteiger partial charge < -0.3 is 24.8 Å². The van der Waals surface area contributed by atoms with Gasteiger partial charge in [-0.1, -0.05) is 83.5 Å². The number of nitrogens with two attached hydrogens (primary N) is 1. The second-order valence-electron chi connectivity index (χ2n) is 11.3. The van der Waals surface area contributed by atoms with Crippen molar-refractivity contribution in [3.63, 3.8) is 0 Å². The molecule has 268 valence electrons. The number of hydrogen-bond acceptors (Lipinski definition) is 14. The zero-order chi connectivity index (χ0) is 37.0. The maximum Gasteiger partial charge on any atom is 0.356 e. The van der Waals surface area contributed by atoms with Crippen LogP contribution >= 0.6 is 11.5 Å². The van der Waals surface area contributed by atoms with Crippen molar-refractivity contribution in [2.45, 2.75) is 29.3 Å². The number of aryl methyl sites for hydroxylation is 1. The molecule has 1 saturated heterocycles. The smallest absolute Gasteiger partial charge is 0.356 e. The number of carbonyl (C=O) groups excluding carboxylic acids is 3. The summed E-state index contributed by atoms with van der Waals surface area (Å²) >= 11 is 0.811. The number of esters is 1. The summed E-state index contributed by atoms with van der Waals surface area (Å²) < 4.78 is 54.6. The average molecular weight is 763 g/mol. The molecule has 4 aromatic rings. The number of benzene rings is 3. The van der Waals surface area contributed by atoms with Gasteiger partial charge in [0.15, 0.2) is 11.2 Å². The van der Waals surface area contributed by atoms with Crippen molar-refractivity contribution in [3.8, 4) is 0 Å². The first-order valence-electron chi connectivity index (χ1n) is 15.4. The van der Waals surface area contributed by atoms with Gasteiger partial charge in [0, 0.05) is 11.5 Å². The molecule has 15 nitrogen and oxygen atoms in total. The summed E-state index contributed by atoms with van der Waals surface area (Å²) in [5.74, 6) is -3.17. The van der Waals surface area contributed by atoms with Gasteiger partial charge in [-0.05, 0) is 41.8 Å². The Hall–Kier alpha value is -5.72. The number of nitrogen functional groups attached to an aromatic ring is 1. The second-order valence-corrected chi connectivity index (χ2v) is 15.2. The van der Waals surface area contributed by atoms with Gasteiger partial charge in [-0.25, -0.2) is 4.79 Å². The average Bonchev–Trinajstić information content (AvgIpc) is 3.57. The molecule has 0 aliphatic carbocycles. The Morgan fingerprint density at radius 1 is 1.06 bits per heavy atom. The molecule has 2 amide bonds. The van der Waals surface area contributed by atoms with Crippen molar-refractivity contribution in [1.29, 1.82) is 0 Å². The molecule has 1 aromatic heterocycles. The zero-order valence-electron chi connectivity index (χ0n) is 27.4. The number of nitrogens with zero attached hydrogens (tertiary/aromatic N) is 4. The second kappa shape index (κ2) is 15.3. The number of aromatic nitrogens is 2. The molecular weight excluding hydrogens is 733 g/mol. The van der Waals surface area contributed by atoms with Gasteiger partial charge in [0.05, 0.1) is 16.6 Å². The summed E-state index contributed by atoms with van der Waals surface area (Å²) in [5.41, 5.74) is 7.07. The monoisotopic (exact) mass is 762 g/mol. The number of anilines is 1. The van der Waals surface area contributed by atoms with E-state index >= 15 is 0 Å². The fourth-order valence-electron chi connectivity index (χ4n) is 5.43. The number of amides is 2. The van der Waals surface area contributed by atoms with Gasteiger partial charge in [-0.3, -0.25) is 18.7 Å². The minimum absolute atomic E-state index is 0.000437. The van der Waals surface area contributed by atoms with Crippen molar-refractivity contribution < 1.29 is 40.8 Å². The third-order valence-corrected chi connectivity index (χ3v) is 11.3. The van der Waals surface area contributed by atoms with E-state index in [1.165, 1.54) is 19.2 Å². The summed E-state index contributed by atoms with van der Waals surface area (Å²) in [4.78, 5) is 50.9. The summed E-state index contributed by atoms with van der Waals surface area (Å²) in [6, 6.07) is 22.4. The molecule has 2 aliphatic heterocycles. The first-order valence-corrected chi connectivity index (χ1v) is 19.0. The van der Waals surface area contributed by atoms with E-state index in [-0.39, 0.29) is 38.6 Å². The quantitative estimate of drug-likeness (QED) is 0.0533. The maximum absolute atomic E-state index is 14.2. The topological polar surface area (TPSA) is 210 Å². The Kier molecular flexibility index (Phi) is 10.6. The van der Waals surface area contributed by atoms with Crippen LogP contribution in [0.5, 0.6) is 0 Å². The number of carbonyl (C=O) groups is 3. The van der Waals surface area contributed by atoms with Crippen LogP contribution in [0.1, 0.15) is 28.6 Å². The van der Waals surface area contributed by atoms with Gasteiger partial charge >= 0.3 is 16.1 Å². The number of nitrogens with one attached hydrogen (secondary N) is 1. The Morgan fingerprint density at radius 3 is 2.27 bits per heavy atom. The lowest BCUT2D eigenvalue weighted by atomic mass is 10.0. The fraction of sp³-hybridized carbons (Fsp3) is 0.176. The molecule has 0 radical (unpaired) electrons. The van der Waals surface area contributed by atoms with Gasteiger partial charge in [0.25, 0.3) is 11.8 Å². The molecule has 2 aliphatic rings. The predicted octanol–water partition coefficient (Wildman–Crippen LogP) is 2.70. The van der Waals surface area contributed by atoms with Crippen LogP contribution in [0.4, 0.5) is 5.13 Å². The van der Waals surface area contributed by atoms with Crippen LogP contribution in [0.3, 0.4) is 0 Å². The minimum atomic E-state index is -4.27. The number of allylic oxidation sites excluding steroid dienone is 1. The van der Waals surface area contributed by atoms with E-state index in [0.717, 1.165) is 34.3 Å². The highest BCUT2D eigenvalue weighted by Crippen LogP contribution is 2.37. The Bertz CT molecular complexity index is 2190. The maximum atomic E-state index is 14.2. The van der Waals surface area contributed by atoms with Crippen LogP contribution < -0.4 is 11.1 Å². The number of oxime groups is 1. The van der Waals surface area contributed by atoms with Crippen molar-refractivity contribution in [3.05, 3.63) is 131 Å². The predicted molar refractivity (Wildman–Crippen MR) is 190 cm³/mol. The number of β-lactam (4-membered cyclic amide) rings is 1. The van der Waals surface area contributed by atoms with Crippen molar-refractivity contribution in [2.24, 2.45) is 5.16 Å². The molecule has 3 heterocycles. The number of fused-ring (bicyclic) bond motifs is 1. The van der Waals surface area contributed by atoms with Gasteiger partial charge in [-0.15, -0.1) is 0 Å². The van der Waals surface area contributed by atoms with Gasteiger partial charge in [0.2, 0.25) is 11.5 Å². The third kappa shape index (κ3) is 7.48. The van der Waals surface area contributed by atoms with Crippen LogP contribution in [0.2, 0.25) is 0 Å². The summed E-state index contributed by atoms with van der Waals surface area (Å²) in [6.07, 6.45) is 1.07. The molecule has 6 rings (SSSR count). The van der Waals surface area contributed by atoms with E-state index in [0.29, 0.717) is 11.1 Å². The van der Waals surface area contributed by atoms with E-state index in [1.807, 2.05) is 0 Å². The molecule has 18 heteroatoms. The highest BCUT2D eigenvalue weighted by Gasteiger charge is 2.57. The first kappa shape index (κ1) is 36.1. The number of hydrogen-bond donors (Lipinski definition) is 2. The van der Waals surface area contributed by atoms with E-state index in [9.17, 15) is 27.0 Å². The lowest BCUT2D eigenvalue weighted by Gasteiger charge is -2.49. The fourth-order valence-corrected chi connectivity index (χ4v) is 8.29. The highest BCUT2D eigenvalue weighted by molar-refractivity contribution is 7.87. The largest absolute Gasteiger partial charge is 0.448 e. The SMILES string of the molecule is CON=C(C(=O)NC1C(=O)N2C(C(=O)OC(c3ccccc3)c3ccccc3)=C(C=COS(=O)(=O)c3ccc(C)cc3)CS(=O)[C@H]12)c1nsc(N)n1. The molecule has 3 aromatic carbocycles. The normalized spacial score (nSPS) is 18.9. The Balaban J connectivity index is 1.34. The molecule has 2 unspecified atom stereocenters. The van der Waals surface area contributed by atoms with Crippen LogP contribution in [-0.4, -0.2) is 74.7 Å². The standard InChI is InChI=1S/C34H30N6O9S3/c1-20-13-15-24(16-14-20)52(45,46)48-18-17-23-19-51(44)32-26(36-30(41)25(38-47-2)29-37-34(35)50-39-29)31(42)40(32)27(23)33(43)49-28(21-9-5-3-6-10-21)22-11-7-4-8-12-22/h3-18,26,28,32H,19H2,1-2H3,(H,36,41)(H2,35,37,39)/t26?,32-,51?/m1/s1. The van der Waals surface area contributed by atoms with E-state index < -0.39 is 56.2 Å². The minimum Gasteiger partial charge on any atom is -0.448 e. The van der Waals surface area contributed by atoms with Gasteiger partial charge in [0.1, 0.15) is 35.4 Å². The first-order chi connectivity index (χ1) is 25.0. The molecule has 1 fully saturated rings. The summed E-state index contributed by atoms with van der Waals surface area (Å²) in [7, 11) is -4.99. The molecule has 52 heavy (non-hydrogen) atoms. The molecule has 0 saturated carbocycles. The van der Waals surface area contributed by atoms with Crippen LogP contribution in [0.15, 0.2) is 119 Å². The van der Waals surface area contributed by atoms with Crippen molar-refractivity contribution in [2.75, 3.05) is 18.6 Å². The third-order valence-electron chi connectivity index (χ3n) is 7.88. The molecule has 3 N–H and O–H groups in total. The van der Waals surface area contributed by atoms with Crippen LogP contribution in [0.25, 0.3) is 0 Å². The highest BCUT2D eigenvalue weighted by atomic mass is 32.2. The van der Waals surface area contributed by atoms with Crippen molar-refractivity contribution in [1.82, 2.24) is 19.6 Å². The molecular formula is C34H30N6O9S3. The summed E-state index contributed by atoms with van der Waals surface area (Å²) in [6.45, 7) is 1.80.